The van der Waals surface area contributed by atoms with Crippen LogP contribution in [0.25, 0.3) is 0 Å². The Kier molecular flexibility index (Phi) is 6.22. The van der Waals surface area contributed by atoms with E-state index in [1.54, 1.807) is 16.6 Å². The quantitative estimate of drug-likeness (QED) is 0.620. The molecule has 1 amide bonds. The van der Waals surface area contributed by atoms with Crippen LogP contribution < -0.4 is 10.6 Å². The van der Waals surface area contributed by atoms with Gasteiger partial charge < -0.3 is 20.3 Å². The molecule has 9 heteroatoms. The van der Waals surface area contributed by atoms with Gasteiger partial charge in [-0.15, -0.1) is 0 Å². The minimum atomic E-state index is -0.481. The van der Waals surface area contributed by atoms with Crippen LogP contribution in [0.15, 0.2) is 11.3 Å². The van der Waals surface area contributed by atoms with E-state index in [2.05, 4.69) is 25.7 Å². The predicted octanol–water partition coefficient (Wildman–Crippen LogP) is 0.880. The first-order valence-corrected chi connectivity index (χ1v) is 8.56. The molecule has 2 N–H and O–H groups in total. The van der Waals surface area contributed by atoms with E-state index in [1.807, 2.05) is 27.8 Å². The first kappa shape index (κ1) is 19.0. The molecule has 0 radical (unpaired) electrons. The zero-order chi connectivity index (χ0) is 18.4. The molecule has 0 saturated carbocycles. The highest BCUT2D eigenvalue weighted by Crippen LogP contribution is 2.15. The minimum absolute atomic E-state index is 0.131. The van der Waals surface area contributed by atoms with Gasteiger partial charge in [-0.1, -0.05) is 0 Å². The Balaban J connectivity index is 1.85. The van der Waals surface area contributed by atoms with Crippen LogP contribution in [-0.4, -0.2) is 63.5 Å². The lowest BCUT2D eigenvalue weighted by Crippen LogP contribution is -2.53. The molecule has 1 aliphatic rings. The molecule has 0 bridgehead atoms. The lowest BCUT2D eigenvalue weighted by Gasteiger charge is -2.35. The Hall–Kier alpha value is -2.32. The first-order valence-electron chi connectivity index (χ1n) is 8.56. The number of hydrogen-bond donors (Lipinski definition) is 2. The number of hydrogen-bond acceptors (Lipinski definition) is 5. The number of amides is 1. The van der Waals surface area contributed by atoms with Crippen molar-refractivity contribution < 1.29 is 9.53 Å². The van der Waals surface area contributed by atoms with Crippen molar-refractivity contribution in [3.05, 3.63) is 12.2 Å². The Morgan fingerprint density at radius 2 is 2.24 bits per heavy atom. The first-order chi connectivity index (χ1) is 11.8. The summed E-state index contributed by atoms with van der Waals surface area (Å²) in [7, 11) is 3.57. The molecule has 1 fully saturated rings. The number of guanidine groups is 1. The third kappa shape index (κ3) is 5.91. The van der Waals surface area contributed by atoms with E-state index in [1.165, 1.54) is 6.33 Å². The second-order valence-electron chi connectivity index (χ2n) is 7.14. The topological polar surface area (TPSA) is 96.7 Å². The Bertz CT molecular complexity index is 606. The molecule has 1 saturated heterocycles. The Morgan fingerprint density at radius 1 is 1.48 bits per heavy atom. The molecule has 0 aliphatic carbocycles. The SMILES string of the molecule is CN=C(NCc1ncnn1C)NC1CCCN(C(=O)OC(C)(C)C)C1. The van der Waals surface area contributed by atoms with Crippen LogP contribution in [0.1, 0.15) is 39.4 Å². The third-order valence-electron chi connectivity index (χ3n) is 3.86. The van der Waals surface area contributed by atoms with E-state index in [0.717, 1.165) is 25.2 Å². The van der Waals surface area contributed by atoms with Gasteiger partial charge in [0, 0.05) is 33.2 Å². The largest absolute Gasteiger partial charge is 0.444 e. The summed E-state index contributed by atoms with van der Waals surface area (Å²) in [5.41, 5.74) is -0.481. The monoisotopic (exact) mass is 351 g/mol. The fourth-order valence-electron chi connectivity index (χ4n) is 2.62. The zero-order valence-corrected chi connectivity index (χ0v) is 15.7. The molecular weight excluding hydrogens is 322 g/mol. The lowest BCUT2D eigenvalue weighted by atomic mass is 10.1. The number of carbonyl (C=O) groups excluding carboxylic acids is 1. The van der Waals surface area contributed by atoms with Gasteiger partial charge in [-0.05, 0) is 33.6 Å². The second-order valence-corrected chi connectivity index (χ2v) is 7.14. The van der Waals surface area contributed by atoms with E-state index in [9.17, 15) is 4.79 Å². The van der Waals surface area contributed by atoms with Gasteiger partial charge in [-0.3, -0.25) is 9.67 Å². The number of ether oxygens (including phenoxy) is 1. The summed E-state index contributed by atoms with van der Waals surface area (Å²) in [4.78, 5) is 22.4. The molecule has 25 heavy (non-hydrogen) atoms. The number of aromatic nitrogens is 3. The van der Waals surface area contributed by atoms with E-state index >= 15 is 0 Å². The number of likely N-dealkylation sites (tertiary alicyclic amines) is 1. The highest BCUT2D eigenvalue weighted by Gasteiger charge is 2.28. The maximum Gasteiger partial charge on any atom is 0.410 e. The number of nitrogens with one attached hydrogen (secondary N) is 2. The maximum absolute atomic E-state index is 12.2. The molecule has 1 aromatic rings. The summed E-state index contributed by atoms with van der Waals surface area (Å²) < 4.78 is 7.18. The molecule has 2 rings (SSSR count). The standard InChI is InChI=1S/C16H29N7O2/c1-16(2,3)25-15(24)23-8-6-7-12(10-23)21-14(17-4)18-9-13-19-11-20-22(13)5/h11-12H,6-10H2,1-5H3,(H2,17,18,21). The molecule has 1 aliphatic heterocycles. The minimum Gasteiger partial charge on any atom is -0.444 e. The van der Waals surface area contributed by atoms with Crippen LogP contribution in [0.4, 0.5) is 4.79 Å². The zero-order valence-electron chi connectivity index (χ0n) is 15.7. The van der Waals surface area contributed by atoms with Crippen LogP contribution in [0.3, 0.4) is 0 Å². The Labute approximate surface area is 148 Å². The fraction of sp³-hybridized carbons (Fsp3) is 0.750. The molecule has 1 atom stereocenters. The van der Waals surface area contributed by atoms with Crippen LogP contribution >= 0.6 is 0 Å². The average Bonchev–Trinajstić information content (AvgIpc) is 2.95. The van der Waals surface area contributed by atoms with Crippen LogP contribution in [-0.2, 0) is 18.3 Å². The second kappa shape index (κ2) is 8.17. The highest BCUT2D eigenvalue weighted by molar-refractivity contribution is 5.80. The maximum atomic E-state index is 12.2. The molecule has 9 nitrogen and oxygen atoms in total. The van der Waals surface area contributed by atoms with Crippen molar-refractivity contribution in [1.82, 2.24) is 30.3 Å². The van der Waals surface area contributed by atoms with E-state index in [-0.39, 0.29) is 12.1 Å². The Morgan fingerprint density at radius 3 is 2.84 bits per heavy atom. The van der Waals surface area contributed by atoms with Gasteiger partial charge in [0.15, 0.2) is 5.96 Å². The molecule has 140 valence electrons. The predicted molar refractivity (Wildman–Crippen MR) is 95.2 cm³/mol. The molecule has 1 unspecified atom stereocenters. The van der Waals surface area contributed by atoms with Crippen molar-refractivity contribution in [3.8, 4) is 0 Å². The smallest absolute Gasteiger partial charge is 0.410 e. The number of carbonyl (C=O) groups is 1. The summed E-state index contributed by atoms with van der Waals surface area (Å²) in [6.45, 7) is 7.48. The third-order valence-corrected chi connectivity index (χ3v) is 3.86. The molecule has 2 heterocycles. The van der Waals surface area contributed by atoms with Gasteiger partial charge in [0.1, 0.15) is 17.8 Å². The van der Waals surface area contributed by atoms with E-state index in [4.69, 9.17) is 4.74 Å². The van der Waals surface area contributed by atoms with Gasteiger partial charge in [-0.25, -0.2) is 9.78 Å². The van der Waals surface area contributed by atoms with Crippen molar-refractivity contribution >= 4 is 12.1 Å². The summed E-state index contributed by atoms with van der Waals surface area (Å²) in [5, 5.41) is 10.6. The average molecular weight is 351 g/mol. The number of nitrogens with zero attached hydrogens (tertiary/aromatic N) is 5. The number of rotatable bonds is 3. The molecule has 0 aromatic carbocycles. The molecule has 1 aromatic heterocycles. The van der Waals surface area contributed by atoms with Gasteiger partial charge in [-0.2, -0.15) is 5.10 Å². The van der Waals surface area contributed by atoms with Crippen LogP contribution in [0.5, 0.6) is 0 Å². The lowest BCUT2D eigenvalue weighted by molar-refractivity contribution is 0.0193. The summed E-state index contributed by atoms with van der Waals surface area (Å²) in [6.07, 6.45) is 3.16. The number of aliphatic imine (C=N–C) groups is 1. The fourth-order valence-corrected chi connectivity index (χ4v) is 2.62. The van der Waals surface area contributed by atoms with Gasteiger partial charge in [0.2, 0.25) is 0 Å². The molecule has 0 spiro atoms. The summed E-state index contributed by atoms with van der Waals surface area (Å²) >= 11 is 0. The van der Waals surface area contributed by atoms with Gasteiger partial charge in [0.05, 0.1) is 6.54 Å². The van der Waals surface area contributed by atoms with Crippen molar-refractivity contribution in [1.29, 1.82) is 0 Å². The van der Waals surface area contributed by atoms with Crippen molar-refractivity contribution in [2.75, 3.05) is 20.1 Å². The normalized spacial score (nSPS) is 18.8. The summed E-state index contributed by atoms with van der Waals surface area (Å²) in [6, 6.07) is 0.131. The van der Waals surface area contributed by atoms with Gasteiger partial charge >= 0.3 is 6.09 Å². The van der Waals surface area contributed by atoms with Crippen molar-refractivity contribution in [3.63, 3.8) is 0 Å². The highest BCUT2D eigenvalue weighted by atomic mass is 16.6. The van der Waals surface area contributed by atoms with E-state index < -0.39 is 5.60 Å². The summed E-state index contributed by atoms with van der Waals surface area (Å²) in [5.74, 6) is 1.50. The van der Waals surface area contributed by atoms with Crippen LogP contribution in [0.2, 0.25) is 0 Å². The van der Waals surface area contributed by atoms with Crippen LogP contribution in [0, 0.1) is 0 Å². The van der Waals surface area contributed by atoms with Gasteiger partial charge in [0.25, 0.3) is 0 Å². The number of piperidine rings is 1. The van der Waals surface area contributed by atoms with Crippen molar-refractivity contribution in [2.24, 2.45) is 12.0 Å². The number of aryl methyl sites for hydroxylation is 1. The molecular formula is C16H29N7O2. The van der Waals surface area contributed by atoms with Crippen molar-refractivity contribution in [2.45, 2.75) is 51.8 Å². The van der Waals surface area contributed by atoms with E-state index in [0.29, 0.717) is 19.0 Å².